The van der Waals surface area contributed by atoms with Crippen LogP contribution < -0.4 is 10.2 Å². The zero-order valence-electron chi connectivity index (χ0n) is 11.2. The van der Waals surface area contributed by atoms with E-state index in [4.69, 9.17) is 0 Å². The first-order valence-corrected chi connectivity index (χ1v) is 6.09. The van der Waals surface area contributed by atoms with Gasteiger partial charge in [0, 0.05) is 32.2 Å². The zero-order valence-corrected chi connectivity index (χ0v) is 11.2. The van der Waals surface area contributed by atoms with E-state index >= 15 is 0 Å². The van der Waals surface area contributed by atoms with Crippen LogP contribution in [-0.2, 0) is 7.05 Å². The Morgan fingerprint density at radius 1 is 1.50 bits per heavy atom. The average molecular weight is 253 g/mol. The van der Waals surface area contributed by atoms with Gasteiger partial charge in [0.05, 0.1) is 4.92 Å². The number of nitrogens with one attached hydrogen (secondary N) is 1. The Labute approximate surface area is 106 Å². The largest absolute Gasteiger partial charge is 0.346 e. The van der Waals surface area contributed by atoms with Gasteiger partial charge in [0.1, 0.15) is 5.69 Å². The van der Waals surface area contributed by atoms with Crippen molar-refractivity contribution in [3.63, 3.8) is 0 Å². The number of nitro groups is 1. The van der Waals surface area contributed by atoms with Crippen LogP contribution in [0.25, 0.3) is 0 Å². The SMILES string of the molecule is Cc1nn(C)c(N2CC(C)NCC2C)c1[N+](=O)[O-]. The number of piperazine rings is 1. The number of nitrogens with zero attached hydrogens (tertiary/aromatic N) is 4. The van der Waals surface area contributed by atoms with Crippen molar-refractivity contribution in [1.82, 2.24) is 15.1 Å². The van der Waals surface area contributed by atoms with Crippen LogP contribution in [0.15, 0.2) is 0 Å². The Hall–Kier alpha value is -1.63. The Morgan fingerprint density at radius 3 is 2.78 bits per heavy atom. The molecule has 0 spiro atoms. The van der Waals surface area contributed by atoms with Crippen molar-refractivity contribution in [2.45, 2.75) is 32.9 Å². The summed E-state index contributed by atoms with van der Waals surface area (Å²) in [5.41, 5.74) is 0.592. The van der Waals surface area contributed by atoms with Gasteiger partial charge in [0.15, 0.2) is 0 Å². The molecular weight excluding hydrogens is 234 g/mol. The number of hydrogen-bond donors (Lipinski definition) is 1. The highest BCUT2D eigenvalue weighted by molar-refractivity contribution is 5.62. The quantitative estimate of drug-likeness (QED) is 0.624. The van der Waals surface area contributed by atoms with Gasteiger partial charge in [-0.05, 0) is 20.8 Å². The molecule has 7 heteroatoms. The molecule has 0 amide bonds. The smallest absolute Gasteiger partial charge is 0.333 e. The molecule has 2 rings (SSSR count). The summed E-state index contributed by atoms with van der Waals surface area (Å²) in [6.45, 7) is 7.39. The number of hydrogen-bond acceptors (Lipinski definition) is 5. The van der Waals surface area contributed by atoms with Crippen LogP contribution in [0.2, 0.25) is 0 Å². The molecule has 2 unspecified atom stereocenters. The fourth-order valence-electron chi connectivity index (χ4n) is 2.49. The summed E-state index contributed by atoms with van der Waals surface area (Å²) in [6.07, 6.45) is 0. The number of rotatable bonds is 2. The van der Waals surface area contributed by atoms with Crippen LogP contribution in [0.5, 0.6) is 0 Å². The van der Waals surface area contributed by atoms with Gasteiger partial charge in [-0.1, -0.05) is 0 Å². The average Bonchev–Trinajstić information content (AvgIpc) is 2.57. The standard InChI is InChI=1S/C11H19N5O2/c1-7-6-15(8(2)5-12-7)11-10(16(17)18)9(3)13-14(11)4/h7-8,12H,5-6H2,1-4H3. The van der Waals surface area contributed by atoms with Crippen molar-refractivity contribution in [3.8, 4) is 0 Å². The van der Waals surface area contributed by atoms with Crippen molar-refractivity contribution >= 4 is 11.5 Å². The number of anilines is 1. The predicted octanol–water partition coefficient (Wildman–Crippen LogP) is 0.823. The monoisotopic (exact) mass is 253 g/mol. The molecule has 1 aromatic heterocycles. The lowest BCUT2D eigenvalue weighted by molar-refractivity contribution is -0.384. The lowest BCUT2D eigenvalue weighted by Crippen LogP contribution is -2.55. The number of aryl methyl sites for hydroxylation is 2. The molecule has 0 aromatic carbocycles. The second kappa shape index (κ2) is 4.56. The summed E-state index contributed by atoms with van der Waals surface area (Å²) in [5.74, 6) is 0.610. The van der Waals surface area contributed by atoms with E-state index in [0.717, 1.165) is 13.1 Å². The molecule has 0 bridgehead atoms. The zero-order chi connectivity index (χ0) is 13.4. The van der Waals surface area contributed by atoms with Gasteiger partial charge in [-0.25, -0.2) is 4.68 Å². The molecule has 7 nitrogen and oxygen atoms in total. The van der Waals surface area contributed by atoms with Crippen LogP contribution in [-0.4, -0.2) is 39.9 Å². The van der Waals surface area contributed by atoms with Crippen LogP contribution in [0.3, 0.4) is 0 Å². The first-order valence-electron chi connectivity index (χ1n) is 6.09. The summed E-state index contributed by atoms with van der Waals surface area (Å²) in [7, 11) is 1.76. The molecule has 0 radical (unpaired) electrons. The summed E-state index contributed by atoms with van der Waals surface area (Å²) < 4.78 is 1.61. The van der Waals surface area contributed by atoms with Crippen molar-refractivity contribution in [1.29, 1.82) is 0 Å². The van der Waals surface area contributed by atoms with Crippen LogP contribution in [0.4, 0.5) is 11.5 Å². The minimum absolute atomic E-state index is 0.124. The predicted molar refractivity (Wildman–Crippen MR) is 68.9 cm³/mol. The number of aromatic nitrogens is 2. The molecule has 2 atom stereocenters. The van der Waals surface area contributed by atoms with E-state index in [-0.39, 0.29) is 16.7 Å². The third-order valence-electron chi connectivity index (χ3n) is 3.38. The van der Waals surface area contributed by atoms with Gasteiger partial charge in [0.2, 0.25) is 5.82 Å². The van der Waals surface area contributed by atoms with E-state index in [2.05, 4.69) is 29.2 Å². The maximum atomic E-state index is 11.2. The molecule has 1 aliphatic rings. The maximum absolute atomic E-state index is 11.2. The molecular formula is C11H19N5O2. The summed E-state index contributed by atoms with van der Waals surface area (Å²) in [5, 5.41) is 18.7. The lowest BCUT2D eigenvalue weighted by Gasteiger charge is -2.38. The van der Waals surface area contributed by atoms with E-state index in [9.17, 15) is 10.1 Å². The van der Waals surface area contributed by atoms with E-state index < -0.39 is 0 Å². The summed E-state index contributed by atoms with van der Waals surface area (Å²) in [6, 6.07) is 0.533. The molecule has 2 heterocycles. The van der Waals surface area contributed by atoms with Crippen LogP contribution in [0.1, 0.15) is 19.5 Å². The van der Waals surface area contributed by atoms with Gasteiger partial charge in [-0.2, -0.15) is 5.10 Å². The Morgan fingerprint density at radius 2 is 2.17 bits per heavy atom. The maximum Gasteiger partial charge on any atom is 0.333 e. The molecule has 18 heavy (non-hydrogen) atoms. The van der Waals surface area contributed by atoms with E-state index in [0.29, 0.717) is 17.6 Å². The minimum atomic E-state index is -0.336. The first-order chi connectivity index (χ1) is 8.41. The third kappa shape index (κ3) is 2.05. The highest BCUT2D eigenvalue weighted by Crippen LogP contribution is 2.32. The molecule has 0 aliphatic carbocycles. The molecule has 1 fully saturated rings. The Balaban J connectivity index is 2.46. The first kappa shape index (κ1) is 12.8. The lowest BCUT2D eigenvalue weighted by atomic mass is 10.1. The van der Waals surface area contributed by atoms with E-state index in [1.807, 2.05) is 0 Å². The van der Waals surface area contributed by atoms with Gasteiger partial charge in [0.25, 0.3) is 0 Å². The van der Waals surface area contributed by atoms with Gasteiger partial charge < -0.3 is 10.2 Å². The van der Waals surface area contributed by atoms with Crippen molar-refractivity contribution in [3.05, 3.63) is 15.8 Å². The third-order valence-corrected chi connectivity index (χ3v) is 3.38. The van der Waals surface area contributed by atoms with Crippen molar-refractivity contribution in [2.75, 3.05) is 18.0 Å². The summed E-state index contributed by atoms with van der Waals surface area (Å²) in [4.78, 5) is 12.9. The normalized spacial score (nSPS) is 24.3. The van der Waals surface area contributed by atoms with Crippen LogP contribution in [0, 0.1) is 17.0 Å². The van der Waals surface area contributed by atoms with Crippen LogP contribution >= 0.6 is 0 Å². The Kier molecular flexibility index (Phi) is 3.25. The van der Waals surface area contributed by atoms with Gasteiger partial charge >= 0.3 is 5.69 Å². The highest BCUT2D eigenvalue weighted by Gasteiger charge is 2.33. The second-order valence-electron chi connectivity index (χ2n) is 4.95. The van der Waals surface area contributed by atoms with Crippen molar-refractivity contribution < 1.29 is 4.92 Å². The molecule has 1 aliphatic heterocycles. The van der Waals surface area contributed by atoms with Gasteiger partial charge in [-0.15, -0.1) is 0 Å². The second-order valence-corrected chi connectivity index (χ2v) is 4.95. The fourth-order valence-corrected chi connectivity index (χ4v) is 2.49. The highest BCUT2D eigenvalue weighted by atomic mass is 16.6. The minimum Gasteiger partial charge on any atom is -0.346 e. The molecule has 1 aromatic rings. The fraction of sp³-hybridized carbons (Fsp3) is 0.727. The van der Waals surface area contributed by atoms with Gasteiger partial charge in [-0.3, -0.25) is 10.1 Å². The van der Waals surface area contributed by atoms with Crippen molar-refractivity contribution in [2.24, 2.45) is 7.05 Å². The van der Waals surface area contributed by atoms with E-state index in [1.165, 1.54) is 0 Å². The summed E-state index contributed by atoms with van der Waals surface area (Å²) >= 11 is 0. The Bertz CT molecular complexity index is 470. The molecule has 1 N–H and O–H groups in total. The molecule has 0 saturated carbocycles. The molecule has 100 valence electrons. The van der Waals surface area contributed by atoms with E-state index in [1.54, 1.807) is 18.7 Å². The molecule has 1 saturated heterocycles. The topological polar surface area (TPSA) is 76.2 Å².